The van der Waals surface area contributed by atoms with E-state index >= 15 is 0 Å². The Balaban J connectivity index is 0. The van der Waals surface area contributed by atoms with Crippen molar-refractivity contribution in [2.45, 2.75) is 0 Å². The van der Waals surface area contributed by atoms with E-state index in [2.05, 4.69) is 0 Å². The van der Waals surface area contributed by atoms with Gasteiger partial charge < -0.3 is 4.90 Å². The molecule has 0 aliphatic carbocycles. The van der Waals surface area contributed by atoms with Crippen LogP contribution < -0.4 is 0 Å². The van der Waals surface area contributed by atoms with Crippen molar-refractivity contribution in [2.24, 2.45) is 0 Å². The summed E-state index contributed by atoms with van der Waals surface area (Å²) in [4.78, 5) is 2.00. The first-order valence-electron chi connectivity index (χ1n) is 2.32. The van der Waals surface area contributed by atoms with Crippen molar-refractivity contribution >= 4 is 28.1 Å². The third-order valence-corrected chi connectivity index (χ3v) is 0. The van der Waals surface area contributed by atoms with Gasteiger partial charge in [0.15, 0.2) is 0 Å². The molecule has 0 radical (unpaired) electrons. The fraction of sp³-hybridized carbons (Fsp3) is 1.00. The summed E-state index contributed by atoms with van der Waals surface area (Å²) in [6, 6.07) is 0. The van der Waals surface area contributed by atoms with Crippen LogP contribution in [0.2, 0.25) is 0 Å². The average molecular weight is 184 g/mol. The van der Waals surface area contributed by atoms with Gasteiger partial charge in [0.2, 0.25) is 0 Å². The standard InChI is InChI=1S/C3H9N.CH5ClGe/c1-4(2)3;2-1-3/h1-3H3;1H2,3H3. The van der Waals surface area contributed by atoms with Crippen LogP contribution >= 0.6 is 11.6 Å². The van der Waals surface area contributed by atoms with E-state index in [9.17, 15) is 0 Å². The Morgan fingerprint density at radius 3 is 1.43 bits per heavy atom. The fourth-order valence-corrected chi connectivity index (χ4v) is 0. The first-order valence-corrected chi connectivity index (χ1v) is 5.82. The molecule has 1 nitrogen and oxygen atoms in total. The Kier molecular flexibility index (Phi) is 15.2. The van der Waals surface area contributed by atoms with Gasteiger partial charge in [0.05, 0.1) is 0 Å². The average Bonchev–Trinajstić information content (AvgIpc) is 1.33. The molecule has 0 unspecified atom stereocenters. The molecule has 7 heavy (non-hydrogen) atoms. The van der Waals surface area contributed by atoms with E-state index in [1.165, 1.54) is 0 Å². The summed E-state index contributed by atoms with van der Waals surface area (Å²) >= 11 is 5.95. The van der Waals surface area contributed by atoms with Crippen LogP contribution in [0.5, 0.6) is 0 Å². The zero-order chi connectivity index (χ0) is 6.28. The minimum atomic E-state index is 0.870. The van der Waals surface area contributed by atoms with Gasteiger partial charge in [-0.1, -0.05) is 0 Å². The van der Waals surface area contributed by atoms with Crippen LogP contribution in [0.1, 0.15) is 0 Å². The number of halogens is 1. The van der Waals surface area contributed by atoms with Gasteiger partial charge in [0.1, 0.15) is 0 Å². The van der Waals surface area contributed by atoms with Crippen LogP contribution in [-0.2, 0) is 0 Å². The van der Waals surface area contributed by atoms with E-state index in [-0.39, 0.29) is 0 Å². The van der Waals surface area contributed by atoms with E-state index in [0.29, 0.717) is 0 Å². The second kappa shape index (κ2) is 9.92. The van der Waals surface area contributed by atoms with Gasteiger partial charge in [-0.2, -0.15) is 0 Å². The molecule has 0 saturated heterocycles. The Hall–Kier alpha value is 0.793. The molecule has 3 heteroatoms. The van der Waals surface area contributed by atoms with Crippen LogP contribution in [0.4, 0.5) is 0 Å². The van der Waals surface area contributed by atoms with Crippen molar-refractivity contribution < 1.29 is 0 Å². The summed E-state index contributed by atoms with van der Waals surface area (Å²) in [5.41, 5.74) is 0. The van der Waals surface area contributed by atoms with Gasteiger partial charge in [-0.3, -0.25) is 0 Å². The number of nitrogens with zero attached hydrogens (tertiary/aromatic N) is 1. The van der Waals surface area contributed by atoms with Crippen LogP contribution in [-0.4, -0.2) is 47.3 Å². The third kappa shape index (κ3) is 248. The molecular weight excluding hydrogens is 170 g/mol. The fourth-order valence-electron chi connectivity index (χ4n) is 0. The van der Waals surface area contributed by atoms with Gasteiger partial charge in [0, 0.05) is 0 Å². The van der Waals surface area contributed by atoms with E-state index in [1.54, 1.807) is 0 Å². The Morgan fingerprint density at radius 1 is 1.43 bits per heavy atom. The van der Waals surface area contributed by atoms with Gasteiger partial charge in [-0.05, 0) is 21.1 Å². The minimum absolute atomic E-state index is 0.870. The molecule has 0 amide bonds. The Labute approximate surface area is 59.2 Å². The SMILES string of the molecule is CN(C)C.Cl[CH2][GeH3]. The predicted molar refractivity (Wildman–Crippen MR) is 40.3 cm³/mol. The Morgan fingerprint density at radius 2 is 1.43 bits per heavy atom. The first-order chi connectivity index (χ1) is 3.15. The zero-order valence-electron chi connectivity index (χ0n) is 5.53. The number of hydrogen-bond donors (Lipinski definition) is 0. The summed E-state index contributed by atoms with van der Waals surface area (Å²) in [5, 5.41) is 0. The molecule has 0 fully saturated rings. The maximum absolute atomic E-state index is 5.08. The van der Waals surface area contributed by atoms with E-state index in [1.807, 2.05) is 26.0 Å². The van der Waals surface area contributed by atoms with E-state index < -0.39 is 0 Å². The normalized spacial score (nSPS) is 8.14. The van der Waals surface area contributed by atoms with Gasteiger partial charge >= 0.3 is 32.8 Å². The molecule has 0 aliphatic rings. The summed E-state index contributed by atoms with van der Waals surface area (Å²) < 4.78 is 0.910. The van der Waals surface area contributed by atoms with Crippen LogP contribution in [0.25, 0.3) is 0 Å². The second-order valence-corrected chi connectivity index (χ2v) is 5.51. The molecule has 0 aromatic carbocycles. The molecular formula is C4H14ClGeN. The molecule has 0 aromatic rings. The summed E-state index contributed by atoms with van der Waals surface area (Å²) in [6.45, 7) is 0. The van der Waals surface area contributed by atoms with Crippen LogP contribution in [0.3, 0.4) is 0 Å². The zero-order valence-corrected chi connectivity index (χ0v) is 10.5. The summed E-state index contributed by atoms with van der Waals surface area (Å²) in [5.74, 6) is 0. The van der Waals surface area contributed by atoms with Gasteiger partial charge in [0.25, 0.3) is 0 Å². The molecule has 0 aromatic heterocycles. The number of alkyl halides is 1. The quantitative estimate of drug-likeness (QED) is 0.370. The molecule has 0 aliphatic heterocycles. The molecule has 46 valence electrons. The van der Waals surface area contributed by atoms with Gasteiger partial charge in [-0.25, -0.2) is 0 Å². The van der Waals surface area contributed by atoms with Crippen LogP contribution in [0.15, 0.2) is 0 Å². The molecule has 0 N–H and O–H groups in total. The van der Waals surface area contributed by atoms with Gasteiger partial charge in [-0.15, -0.1) is 0 Å². The Bertz CT molecular complexity index is 22.9. The van der Waals surface area contributed by atoms with Crippen molar-refractivity contribution in [3.8, 4) is 0 Å². The molecule has 0 heterocycles. The van der Waals surface area contributed by atoms with Crippen molar-refractivity contribution in [3.63, 3.8) is 0 Å². The topological polar surface area (TPSA) is 3.24 Å². The monoisotopic (exact) mass is 185 g/mol. The van der Waals surface area contributed by atoms with Crippen LogP contribution in [0, 0.1) is 0 Å². The van der Waals surface area contributed by atoms with Crippen molar-refractivity contribution in [3.05, 3.63) is 0 Å². The molecule has 0 bridgehead atoms. The number of rotatable bonds is 0. The second-order valence-electron chi connectivity index (χ2n) is 1.61. The summed E-state index contributed by atoms with van der Waals surface area (Å²) in [6.07, 6.45) is 0. The van der Waals surface area contributed by atoms with Crippen molar-refractivity contribution in [2.75, 3.05) is 25.9 Å². The summed E-state index contributed by atoms with van der Waals surface area (Å²) in [7, 11) is 6.00. The third-order valence-electron chi connectivity index (χ3n) is 0. The van der Waals surface area contributed by atoms with Crippen molar-refractivity contribution in [1.82, 2.24) is 4.90 Å². The molecule has 0 atom stereocenters. The van der Waals surface area contributed by atoms with E-state index in [0.717, 1.165) is 21.2 Å². The maximum atomic E-state index is 5.08. The molecule has 0 rings (SSSR count). The molecule has 0 saturated carbocycles. The van der Waals surface area contributed by atoms with Crippen molar-refractivity contribution in [1.29, 1.82) is 0 Å². The molecule has 0 spiro atoms. The number of hydrogen-bond acceptors (Lipinski definition) is 1. The first kappa shape index (κ1) is 10.7. The predicted octanol–water partition coefficient (Wildman–Crippen LogP) is -0.274. The van der Waals surface area contributed by atoms with E-state index in [4.69, 9.17) is 11.6 Å².